The van der Waals surface area contributed by atoms with Crippen LogP contribution in [0.4, 0.5) is 0 Å². The van der Waals surface area contributed by atoms with Crippen LogP contribution in [-0.2, 0) is 11.3 Å². The third-order valence-electron chi connectivity index (χ3n) is 3.60. The molecule has 1 aliphatic heterocycles. The lowest BCUT2D eigenvalue weighted by molar-refractivity contribution is 0.0230. The van der Waals surface area contributed by atoms with E-state index in [1.807, 2.05) is 12.5 Å². The molecule has 0 aliphatic carbocycles. The van der Waals surface area contributed by atoms with Gasteiger partial charge in [-0.05, 0) is 18.1 Å². The van der Waals surface area contributed by atoms with E-state index in [0.717, 1.165) is 31.9 Å². The van der Waals surface area contributed by atoms with Gasteiger partial charge in [-0.15, -0.1) is 0 Å². The van der Waals surface area contributed by atoms with Crippen molar-refractivity contribution in [3.8, 4) is 0 Å². The molecule has 100 valence electrons. The van der Waals surface area contributed by atoms with Crippen LogP contribution in [0.2, 0.25) is 0 Å². The van der Waals surface area contributed by atoms with Gasteiger partial charge in [0.2, 0.25) is 0 Å². The summed E-state index contributed by atoms with van der Waals surface area (Å²) in [5.41, 5.74) is 3.78. The molecule has 19 heavy (non-hydrogen) atoms. The van der Waals surface area contributed by atoms with Crippen molar-refractivity contribution >= 4 is 0 Å². The van der Waals surface area contributed by atoms with Crippen molar-refractivity contribution in [3.05, 3.63) is 53.6 Å². The second-order valence-corrected chi connectivity index (χ2v) is 4.94. The van der Waals surface area contributed by atoms with Crippen LogP contribution in [-0.4, -0.2) is 29.2 Å². The maximum atomic E-state index is 5.81. The highest BCUT2D eigenvalue weighted by atomic mass is 16.5. The van der Waals surface area contributed by atoms with E-state index in [4.69, 9.17) is 4.74 Å². The number of rotatable bonds is 3. The van der Waals surface area contributed by atoms with Crippen molar-refractivity contribution in [2.75, 3.05) is 19.7 Å². The first kappa shape index (κ1) is 12.4. The van der Waals surface area contributed by atoms with E-state index in [2.05, 4.69) is 46.1 Å². The molecule has 4 heteroatoms. The maximum absolute atomic E-state index is 5.81. The molecule has 1 aliphatic rings. The average molecular weight is 257 g/mol. The first-order chi connectivity index (χ1) is 9.34. The van der Waals surface area contributed by atoms with Crippen LogP contribution >= 0.6 is 0 Å². The number of nitrogens with zero attached hydrogens (tertiary/aromatic N) is 2. The van der Waals surface area contributed by atoms with E-state index in [1.165, 1.54) is 11.1 Å². The highest BCUT2D eigenvalue weighted by Crippen LogP contribution is 2.20. The maximum Gasteiger partial charge on any atom is 0.111 e. The summed E-state index contributed by atoms with van der Waals surface area (Å²) in [4.78, 5) is 4.28. The molecule has 2 aromatic rings. The van der Waals surface area contributed by atoms with Crippen molar-refractivity contribution in [1.82, 2.24) is 14.9 Å². The van der Waals surface area contributed by atoms with Crippen molar-refractivity contribution < 1.29 is 4.74 Å². The van der Waals surface area contributed by atoms with Gasteiger partial charge in [0.1, 0.15) is 6.10 Å². The third-order valence-corrected chi connectivity index (χ3v) is 3.60. The van der Waals surface area contributed by atoms with Crippen LogP contribution < -0.4 is 5.32 Å². The van der Waals surface area contributed by atoms with E-state index >= 15 is 0 Å². The van der Waals surface area contributed by atoms with Crippen molar-refractivity contribution in [2.24, 2.45) is 0 Å². The number of morpholine rings is 1. The fourth-order valence-electron chi connectivity index (χ4n) is 2.46. The Morgan fingerprint density at radius 1 is 1.42 bits per heavy atom. The summed E-state index contributed by atoms with van der Waals surface area (Å²) in [6.07, 6.45) is 3.91. The van der Waals surface area contributed by atoms with Gasteiger partial charge < -0.3 is 14.6 Å². The summed E-state index contributed by atoms with van der Waals surface area (Å²) < 4.78 is 7.99. The molecule has 0 spiro atoms. The van der Waals surface area contributed by atoms with E-state index in [-0.39, 0.29) is 6.10 Å². The van der Waals surface area contributed by atoms with Gasteiger partial charge in [-0.3, -0.25) is 0 Å². The number of nitrogens with one attached hydrogen (secondary N) is 1. The minimum Gasteiger partial charge on any atom is -0.369 e. The lowest BCUT2D eigenvalue weighted by atomic mass is 10.1. The molecule has 1 aromatic carbocycles. The Kier molecular flexibility index (Phi) is 3.62. The van der Waals surface area contributed by atoms with Gasteiger partial charge in [0.25, 0.3) is 0 Å². The molecule has 4 nitrogen and oxygen atoms in total. The SMILES string of the molecule is Cc1ccccc1Cn1cncc1C1CNCCO1. The molecule has 1 unspecified atom stereocenters. The standard InChI is InChI=1S/C15H19N3O/c1-12-4-2-3-5-13(12)10-18-11-17-8-14(18)15-9-16-6-7-19-15/h2-5,8,11,15-16H,6-7,9-10H2,1H3. The van der Waals surface area contributed by atoms with Gasteiger partial charge in [0, 0.05) is 19.6 Å². The number of ether oxygens (including phenoxy) is 1. The minimum absolute atomic E-state index is 0.111. The van der Waals surface area contributed by atoms with Crippen molar-refractivity contribution in [2.45, 2.75) is 19.6 Å². The molecule has 0 radical (unpaired) electrons. The zero-order chi connectivity index (χ0) is 13.1. The summed E-state index contributed by atoms with van der Waals surface area (Å²) in [5.74, 6) is 0. The second kappa shape index (κ2) is 5.55. The van der Waals surface area contributed by atoms with Crippen LogP contribution in [0, 0.1) is 6.92 Å². The van der Waals surface area contributed by atoms with Crippen LogP contribution in [0.1, 0.15) is 22.9 Å². The molecule has 3 rings (SSSR count). The highest BCUT2D eigenvalue weighted by molar-refractivity contribution is 5.26. The molecule has 1 aromatic heterocycles. The molecule has 0 bridgehead atoms. The fraction of sp³-hybridized carbons (Fsp3) is 0.400. The van der Waals surface area contributed by atoms with E-state index in [9.17, 15) is 0 Å². The number of aromatic nitrogens is 2. The largest absolute Gasteiger partial charge is 0.369 e. The summed E-state index contributed by atoms with van der Waals surface area (Å²) in [5, 5.41) is 3.36. The molecule has 0 saturated carbocycles. The summed E-state index contributed by atoms with van der Waals surface area (Å²) in [7, 11) is 0. The van der Waals surface area contributed by atoms with Crippen LogP contribution in [0.15, 0.2) is 36.8 Å². The molecule has 1 saturated heterocycles. The Hall–Kier alpha value is -1.65. The first-order valence-corrected chi connectivity index (χ1v) is 6.71. The zero-order valence-electron chi connectivity index (χ0n) is 11.2. The predicted molar refractivity (Wildman–Crippen MR) is 74.1 cm³/mol. The van der Waals surface area contributed by atoms with Gasteiger partial charge in [0.15, 0.2) is 0 Å². The number of benzene rings is 1. The lowest BCUT2D eigenvalue weighted by Crippen LogP contribution is -2.34. The quantitative estimate of drug-likeness (QED) is 0.913. The molecule has 0 amide bonds. The smallest absolute Gasteiger partial charge is 0.111 e. The van der Waals surface area contributed by atoms with Gasteiger partial charge in [0.05, 0.1) is 24.8 Å². The van der Waals surface area contributed by atoms with Gasteiger partial charge >= 0.3 is 0 Å². The topological polar surface area (TPSA) is 39.1 Å². The third kappa shape index (κ3) is 2.69. The summed E-state index contributed by atoms with van der Waals surface area (Å²) in [6, 6.07) is 8.46. The minimum atomic E-state index is 0.111. The number of hydrogen-bond donors (Lipinski definition) is 1. The lowest BCUT2D eigenvalue weighted by Gasteiger charge is -2.24. The number of hydrogen-bond acceptors (Lipinski definition) is 3. The number of aryl methyl sites for hydroxylation is 1. The molecule has 1 atom stereocenters. The van der Waals surface area contributed by atoms with Gasteiger partial charge in [-0.1, -0.05) is 24.3 Å². The monoisotopic (exact) mass is 257 g/mol. The van der Waals surface area contributed by atoms with Crippen LogP contribution in [0.3, 0.4) is 0 Å². The van der Waals surface area contributed by atoms with Gasteiger partial charge in [-0.25, -0.2) is 4.98 Å². The fourth-order valence-corrected chi connectivity index (χ4v) is 2.46. The van der Waals surface area contributed by atoms with Crippen molar-refractivity contribution in [1.29, 1.82) is 0 Å². The van der Waals surface area contributed by atoms with Crippen LogP contribution in [0.25, 0.3) is 0 Å². The number of imidazole rings is 1. The van der Waals surface area contributed by atoms with Crippen LogP contribution in [0.5, 0.6) is 0 Å². The predicted octanol–water partition coefficient (Wildman–Crippen LogP) is 1.90. The molecule has 1 N–H and O–H groups in total. The highest BCUT2D eigenvalue weighted by Gasteiger charge is 2.19. The normalized spacial score (nSPS) is 19.5. The Labute approximate surface area is 113 Å². The Morgan fingerprint density at radius 3 is 3.11 bits per heavy atom. The molecule has 1 fully saturated rings. The van der Waals surface area contributed by atoms with E-state index in [0.29, 0.717) is 0 Å². The van der Waals surface area contributed by atoms with E-state index in [1.54, 1.807) is 0 Å². The second-order valence-electron chi connectivity index (χ2n) is 4.94. The summed E-state index contributed by atoms with van der Waals surface area (Å²) in [6.45, 7) is 5.55. The Bertz CT molecular complexity index is 544. The summed E-state index contributed by atoms with van der Waals surface area (Å²) >= 11 is 0. The average Bonchev–Trinajstić information content (AvgIpc) is 2.91. The van der Waals surface area contributed by atoms with Crippen molar-refractivity contribution in [3.63, 3.8) is 0 Å². The first-order valence-electron chi connectivity index (χ1n) is 6.71. The van der Waals surface area contributed by atoms with Gasteiger partial charge in [-0.2, -0.15) is 0 Å². The zero-order valence-corrected chi connectivity index (χ0v) is 11.2. The Morgan fingerprint density at radius 2 is 2.32 bits per heavy atom. The molecular weight excluding hydrogens is 238 g/mol. The molecule has 2 heterocycles. The molecular formula is C15H19N3O. The van der Waals surface area contributed by atoms with E-state index < -0.39 is 0 Å². The Balaban J connectivity index is 1.82.